The summed E-state index contributed by atoms with van der Waals surface area (Å²) in [6.07, 6.45) is 1.39. The molecule has 1 aromatic carbocycles. The molecule has 0 fully saturated rings. The van der Waals surface area contributed by atoms with Crippen LogP contribution >= 0.6 is 0 Å². The van der Waals surface area contributed by atoms with Gasteiger partial charge in [0.1, 0.15) is 18.9 Å². The second kappa shape index (κ2) is 8.17. The van der Waals surface area contributed by atoms with E-state index in [4.69, 9.17) is 4.74 Å². The number of hydrogen-bond acceptors (Lipinski definition) is 5. The van der Waals surface area contributed by atoms with E-state index in [9.17, 15) is 14.4 Å². The average molecular weight is 413 g/mol. The molecule has 0 aliphatic heterocycles. The van der Waals surface area contributed by atoms with Crippen molar-refractivity contribution in [2.75, 3.05) is 13.2 Å². The molecule has 0 bridgehead atoms. The molecule has 1 N–H and O–H groups in total. The first-order valence-corrected chi connectivity index (χ1v) is 9.70. The van der Waals surface area contributed by atoms with Crippen LogP contribution < -0.4 is 21.3 Å². The summed E-state index contributed by atoms with van der Waals surface area (Å²) in [5, 5.41) is 2.76. The topological polar surface area (TPSA) is 100 Å². The molecule has 3 aromatic rings. The summed E-state index contributed by atoms with van der Waals surface area (Å²) < 4.78 is 9.39. The Balaban J connectivity index is 1.57. The number of aromatic nitrogens is 4. The molecule has 2 aromatic heterocycles. The van der Waals surface area contributed by atoms with Crippen molar-refractivity contribution in [3.05, 3.63) is 57.0 Å². The van der Waals surface area contributed by atoms with Crippen LogP contribution in [-0.4, -0.2) is 37.7 Å². The average Bonchev–Trinajstić information content (AvgIpc) is 3.11. The third kappa shape index (κ3) is 4.29. The molecule has 9 heteroatoms. The van der Waals surface area contributed by atoms with Crippen molar-refractivity contribution >= 4 is 17.1 Å². The predicted molar refractivity (Wildman–Crippen MR) is 114 cm³/mol. The van der Waals surface area contributed by atoms with Gasteiger partial charge in [-0.15, -0.1) is 0 Å². The van der Waals surface area contributed by atoms with Gasteiger partial charge in [-0.25, -0.2) is 9.78 Å². The maximum atomic E-state index is 12.4. The lowest BCUT2D eigenvalue weighted by Crippen LogP contribution is -2.38. The number of aryl methyl sites for hydroxylation is 1. The number of nitrogens with zero attached hydrogens (tertiary/aromatic N) is 4. The fraction of sp³-hybridized carbons (Fsp3) is 0.429. The monoisotopic (exact) mass is 413 g/mol. The largest absolute Gasteiger partial charge is 0.492 e. The highest BCUT2D eigenvalue weighted by molar-refractivity contribution is 5.78. The van der Waals surface area contributed by atoms with Crippen LogP contribution in [-0.2, 0) is 30.8 Å². The normalized spacial score (nSPS) is 11.6. The lowest BCUT2D eigenvalue weighted by Gasteiger charge is -2.19. The van der Waals surface area contributed by atoms with Crippen LogP contribution in [0, 0.1) is 0 Å². The number of imidazole rings is 1. The molecule has 0 radical (unpaired) electrons. The molecule has 0 unspecified atom stereocenters. The van der Waals surface area contributed by atoms with E-state index in [0.29, 0.717) is 13.2 Å². The Bertz CT molecular complexity index is 1180. The van der Waals surface area contributed by atoms with Gasteiger partial charge in [0.05, 0.1) is 12.9 Å². The summed E-state index contributed by atoms with van der Waals surface area (Å²) >= 11 is 0. The van der Waals surface area contributed by atoms with Gasteiger partial charge in [-0.3, -0.25) is 18.7 Å². The van der Waals surface area contributed by atoms with E-state index in [1.165, 1.54) is 35.1 Å². The number of benzene rings is 1. The number of amides is 1. The van der Waals surface area contributed by atoms with E-state index >= 15 is 0 Å². The zero-order valence-corrected chi connectivity index (χ0v) is 17.9. The molecule has 2 heterocycles. The maximum Gasteiger partial charge on any atom is 0.332 e. The Kier molecular flexibility index (Phi) is 5.82. The third-order valence-electron chi connectivity index (χ3n) is 4.94. The van der Waals surface area contributed by atoms with Gasteiger partial charge in [-0.05, 0) is 23.1 Å². The highest BCUT2D eigenvalue weighted by Crippen LogP contribution is 2.24. The number of nitrogens with one attached hydrogen (secondary N) is 1. The molecule has 0 saturated carbocycles. The van der Waals surface area contributed by atoms with Crippen molar-refractivity contribution in [2.45, 2.75) is 32.7 Å². The number of hydrogen-bond donors (Lipinski definition) is 1. The quantitative estimate of drug-likeness (QED) is 0.606. The van der Waals surface area contributed by atoms with Crippen molar-refractivity contribution in [1.29, 1.82) is 0 Å². The van der Waals surface area contributed by atoms with Crippen molar-refractivity contribution in [1.82, 2.24) is 24.0 Å². The first kappa shape index (κ1) is 21.4. The Morgan fingerprint density at radius 3 is 2.40 bits per heavy atom. The van der Waals surface area contributed by atoms with Crippen LogP contribution in [0.25, 0.3) is 11.2 Å². The Morgan fingerprint density at radius 1 is 1.10 bits per heavy atom. The smallest absolute Gasteiger partial charge is 0.332 e. The number of rotatable bonds is 6. The first-order chi connectivity index (χ1) is 14.1. The van der Waals surface area contributed by atoms with Crippen LogP contribution in [0.4, 0.5) is 0 Å². The fourth-order valence-electron chi connectivity index (χ4n) is 3.14. The van der Waals surface area contributed by atoms with E-state index < -0.39 is 11.2 Å². The standard InChI is InChI=1S/C21H27N5O4/c1-21(2,3)14-6-8-15(9-7-14)30-11-10-22-16(27)12-26-13-23-18-17(26)19(28)25(5)20(29)24(18)4/h6-9,13H,10-12H2,1-5H3,(H,22,27). The lowest BCUT2D eigenvalue weighted by atomic mass is 9.87. The molecular weight excluding hydrogens is 386 g/mol. The molecule has 160 valence electrons. The van der Waals surface area contributed by atoms with Gasteiger partial charge >= 0.3 is 5.69 Å². The van der Waals surface area contributed by atoms with Gasteiger partial charge < -0.3 is 14.6 Å². The minimum absolute atomic E-state index is 0.0791. The second-order valence-electron chi connectivity index (χ2n) is 8.22. The van der Waals surface area contributed by atoms with E-state index in [1.54, 1.807) is 0 Å². The van der Waals surface area contributed by atoms with Crippen molar-refractivity contribution in [3.63, 3.8) is 0 Å². The van der Waals surface area contributed by atoms with E-state index in [2.05, 4.69) is 31.1 Å². The second-order valence-corrected chi connectivity index (χ2v) is 8.22. The molecule has 0 saturated heterocycles. The van der Waals surface area contributed by atoms with Gasteiger partial charge in [-0.1, -0.05) is 32.9 Å². The SMILES string of the molecule is Cn1c(=O)c2c(ncn2CC(=O)NCCOc2ccc(C(C)(C)C)cc2)n(C)c1=O. The third-order valence-corrected chi connectivity index (χ3v) is 4.94. The van der Waals surface area contributed by atoms with Gasteiger partial charge in [0.25, 0.3) is 5.56 Å². The zero-order chi connectivity index (χ0) is 22.1. The molecule has 9 nitrogen and oxygen atoms in total. The van der Waals surface area contributed by atoms with Crippen LogP contribution in [0.3, 0.4) is 0 Å². The van der Waals surface area contributed by atoms with Crippen molar-refractivity contribution in [3.8, 4) is 5.75 Å². The maximum absolute atomic E-state index is 12.4. The lowest BCUT2D eigenvalue weighted by molar-refractivity contribution is -0.121. The van der Waals surface area contributed by atoms with Crippen LogP contribution in [0.2, 0.25) is 0 Å². The van der Waals surface area contributed by atoms with Crippen LogP contribution in [0.1, 0.15) is 26.3 Å². The van der Waals surface area contributed by atoms with Gasteiger partial charge in [0, 0.05) is 14.1 Å². The minimum atomic E-state index is -0.486. The van der Waals surface area contributed by atoms with E-state index in [1.807, 2.05) is 24.3 Å². The zero-order valence-electron chi connectivity index (χ0n) is 17.9. The predicted octanol–water partition coefficient (Wildman–Crippen LogP) is 0.926. The fourth-order valence-corrected chi connectivity index (χ4v) is 3.14. The highest BCUT2D eigenvalue weighted by atomic mass is 16.5. The first-order valence-electron chi connectivity index (χ1n) is 9.70. The molecular formula is C21H27N5O4. The summed E-state index contributed by atoms with van der Waals surface area (Å²) in [5.74, 6) is 0.458. The molecule has 30 heavy (non-hydrogen) atoms. The molecule has 0 atom stereocenters. The van der Waals surface area contributed by atoms with E-state index in [-0.39, 0.29) is 29.0 Å². The number of fused-ring (bicyclic) bond motifs is 1. The summed E-state index contributed by atoms with van der Waals surface area (Å²) in [6.45, 7) is 7.01. The van der Waals surface area contributed by atoms with Crippen molar-refractivity contribution < 1.29 is 9.53 Å². The Labute approximate surface area is 173 Å². The van der Waals surface area contributed by atoms with Gasteiger partial charge in [0.15, 0.2) is 11.2 Å². The van der Waals surface area contributed by atoms with E-state index in [0.717, 1.165) is 10.3 Å². The Morgan fingerprint density at radius 2 is 1.77 bits per heavy atom. The number of carbonyl (C=O) groups excluding carboxylic acids is 1. The van der Waals surface area contributed by atoms with Gasteiger partial charge in [-0.2, -0.15) is 0 Å². The highest BCUT2D eigenvalue weighted by Gasteiger charge is 2.16. The molecule has 3 rings (SSSR count). The summed E-state index contributed by atoms with van der Waals surface area (Å²) in [6, 6.07) is 7.90. The minimum Gasteiger partial charge on any atom is -0.492 e. The summed E-state index contributed by atoms with van der Waals surface area (Å²) in [5.41, 5.74) is 0.815. The molecule has 0 aliphatic carbocycles. The van der Waals surface area contributed by atoms with Gasteiger partial charge in [0.2, 0.25) is 5.91 Å². The van der Waals surface area contributed by atoms with Crippen LogP contribution in [0.15, 0.2) is 40.2 Å². The van der Waals surface area contributed by atoms with Crippen LogP contribution in [0.5, 0.6) is 5.75 Å². The number of carbonyl (C=O) groups is 1. The molecule has 0 aliphatic rings. The van der Waals surface area contributed by atoms with Crippen molar-refractivity contribution in [2.24, 2.45) is 14.1 Å². The number of ether oxygens (including phenoxy) is 1. The molecule has 1 amide bonds. The molecule has 0 spiro atoms. The Hall–Kier alpha value is -3.36. The summed E-state index contributed by atoms with van der Waals surface area (Å²) in [4.78, 5) is 40.8. The summed E-state index contributed by atoms with van der Waals surface area (Å²) in [7, 11) is 2.93.